The van der Waals surface area contributed by atoms with E-state index in [0.29, 0.717) is 6.42 Å². The highest BCUT2D eigenvalue weighted by Crippen LogP contribution is 2.28. The molecule has 2 amide bonds. The summed E-state index contributed by atoms with van der Waals surface area (Å²) in [5, 5.41) is 11.2. The van der Waals surface area contributed by atoms with Crippen molar-refractivity contribution in [1.82, 2.24) is 10.6 Å². The van der Waals surface area contributed by atoms with Crippen LogP contribution < -0.4 is 10.6 Å². The van der Waals surface area contributed by atoms with E-state index >= 15 is 0 Å². The number of oxime groups is 1. The molecule has 1 atom stereocenters. The van der Waals surface area contributed by atoms with Gasteiger partial charge in [0, 0.05) is 26.4 Å². The lowest BCUT2D eigenvalue weighted by Gasteiger charge is -2.20. The van der Waals surface area contributed by atoms with Gasteiger partial charge in [-0.25, -0.2) is 0 Å². The van der Waals surface area contributed by atoms with Crippen LogP contribution >= 0.6 is 11.3 Å². The molecule has 20 heavy (non-hydrogen) atoms. The highest BCUT2D eigenvalue weighted by atomic mass is 32.1. The zero-order chi connectivity index (χ0) is 14.6. The van der Waals surface area contributed by atoms with E-state index in [1.54, 1.807) is 25.3 Å². The fourth-order valence-corrected chi connectivity index (χ4v) is 2.54. The van der Waals surface area contributed by atoms with Crippen molar-refractivity contribution in [2.75, 3.05) is 13.6 Å². The predicted octanol–water partition coefficient (Wildman–Crippen LogP) is 0.883. The summed E-state index contributed by atoms with van der Waals surface area (Å²) in [7, 11) is 1.56. The van der Waals surface area contributed by atoms with Crippen LogP contribution in [0.5, 0.6) is 0 Å². The number of hydrogen-bond acceptors (Lipinski definition) is 5. The molecule has 0 spiro atoms. The molecule has 2 heterocycles. The molecule has 2 rings (SSSR count). The Morgan fingerprint density at radius 1 is 1.55 bits per heavy atom. The molecule has 0 saturated carbocycles. The average Bonchev–Trinajstić information content (AvgIpc) is 3.08. The topological polar surface area (TPSA) is 79.8 Å². The second-order valence-electron chi connectivity index (χ2n) is 4.69. The van der Waals surface area contributed by atoms with Gasteiger partial charge in [0.1, 0.15) is 5.71 Å². The van der Waals surface area contributed by atoms with Gasteiger partial charge in [-0.2, -0.15) is 0 Å². The zero-order valence-electron chi connectivity index (χ0n) is 11.4. The van der Waals surface area contributed by atoms with Gasteiger partial charge in [0.15, 0.2) is 0 Å². The van der Waals surface area contributed by atoms with E-state index < -0.39 is 5.60 Å². The van der Waals surface area contributed by atoms with Gasteiger partial charge in [-0.15, -0.1) is 11.3 Å². The number of nitrogens with zero attached hydrogens (tertiary/aromatic N) is 1. The van der Waals surface area contributed by atoms with Gasteiger partial charge in [0.05, 0.1) is 4.88 Å². The summed E-state index contributed by atoms with van der Waals surface area (Å²) in [5.41, 5.74) is -0.217. The van der Waals surface area contributed by atoms with Crippen molar-refractivity contribution in [3.05, 3.63) is 22.4 Å². The number of thiophene rings is 1. The van der Waals surface area contributed by atoms with Crippen LogP contribution in [-0.2, 0) is 14.4 Å². The van der Waals surface area contributed by atoms with Gasteiger partial charge in [-0.05, 0) is 18.4 Å². The smallest absolute Gasteiger partial charge is 0.267 e. The SMILES string of the molecule is CNC(=O)CCNC(=O)[C@@]1(C)CC(c2cccs2)=NO1. The molecule has 1 aromatic heterocycles. The molecule has 1 aliphatic rings. The van der Waals surface area contributed by atoms with Gasteiger partial charge in [0.2, 0.25) is 11.5 Å². The lowest BCUT2D eigenvalue weighted by Crippen LogP contribution is -2.45. The maximum absolute atomic E-state index is 12.1. The van der Waals surface area contributed by atoms with E-state index in [4.69, 9.17) is 4.84 Å². The second-order valence-corrected chi connectivity index (χ2v) is 5.64. The van der Waals surface area contributed by atoms with Gasteiger partial charge in [-0.3, -0.25) is 9.59 Å². The fraction of sp³-hybridized carbons (Fsp3) is 0.462. The van der Waals surface area contributed by atoms with Crippen molar-refractivity contribution in [1.29, 1.82) is 0 Å². The van der Waals surface area contributed by atoms with Gasteiger partial charge in [-0.1, -0.05) is 11.2 Å². The van der Waals surface area contributed by atoms with Crippen molar-refractivity contribution in [2.45, 2.75) is 25.4 Å². The summed E-state index contributed by atoms with van der Waals surface area (Å²) < 4.78 is 0. The van der Waals surface area contributed by atoms with E-state index in [2.05, 4.69) is 15.8 Å². The Hall–Kier alpha value is -1.89. The molecule has 2 N–H and O–H groups in total. The first-order chi connectivity index (χ1) is 9.55. The summed E-state index contributed by atoms with van der Waals surface area (Å²) in [6.07, 6.45) is 0.677. The fourth-order valence-electron chi connectivity index (χ4n) is 1.84. The Balaban J connectivity index is 1.87. The first kappa shape index (κ1) is 14.5. The van der Waals surface area contributed by atoms with Crippen LogP contribution in [0.25, 0.3) is 0 Å². The molecule has 0 fully saturated rings. The highest BCUT2D eigenvalue weighted by Gasteiger charge is 2.42. The minimum absolute atomic E-state index is 0.113. The number of nitrogens with one attached hydrogen (secondary N) is 2. The molecule has 0 aliphatic carbocycles. The maximum atomic E-state index is 12.1. The lowest BCUT2D eigenvalue weighted by atomic mass is 9.98. The Kier molecular flexibility index (Phi) is 4.39. The Morgan fingerprint density at radius 2 is 2.35 bits per heavy atom. The molecule has 0 bridgehead atoms. The third-order valence-corrected chi connectivity index (χ3v) is 3.98. The second kappa shape index (κ2) is 6.04. The first-order valence-corrected chi connectivity index (χ1v) is 7.21. The van der Waals surface area contributed by atoms with Crippen LogP contribution in [0.1, 0.15) is 24.6 Å². The molecular weight excluding hydrogens is 278 g/mol. The monoisotopic (exact) mass is 295 g/mol. The van der Waals surface area contributed by atoms with Gasteiger partial charge in [0.25, 0.3) is 5.91 Å². The summed E-state index contributed by atoms with van der Waals surface area (Å²) >= 11 is 1.56. The average molecular weight is 295 g/mol. The van der Waals surface area contributed by atoms with E-state index in [0.717, 1.165) is 10.6 Å². The van der Waals surface area contributed by atoms with Gasteiger partial charge >= 0.3 is 0 Å². The number of rotatable bonds is 5. The molecule has 0 aromatic carbocycles. The van der Waals surface area contributed by atoms with Crippen molar-refractivity contribution >= 4 is 28.9 Å². The third-order valence-electron chi connectivity index (χ3n) is 3.06. The van der Waals surface area contributed by atoms with Crippen LogP contribution in [-0.4, -0.2) is 36.7 Å². The van der Waals surface area contributed by atoms with Gasteiger partial charge < -0.3 is 15.5 Å². The summed E-state index contributed by atoms with van der Waals surface area (Å²) in [4.78, 5) is 29.5. The van der Waals surface area contributed by atoms with Crippen molar-refractivity contribution in [3.8, 4) is 0 Å². The molecule has 0 saturated heterocycles. The van der Waals surface area contributed by atoms with Crippen molar-refractivity contribution in [2.24, 2.45) is 5.16 Å². The third kappa shape index (κ3) is 3.16. The highest BCUT2D eigenvalue weighted by molar-refractivity contribution is 7.12. The molecular formula is C13H17N3O3S. The number of carbonyl (C=O) groups excluding carboxylic acids is 2. The predicted molar refractivity (Wildman–Crippen MR) is 76.7 cm³/mol. The van der Waals surface area contributed by atoms with E-state index in [9.17, 15) is 9.59 Å². The molecule has 108 valence electrons. The van der Waals surface area contributed by atoms with E-state index in [1.807, 2.05) is 17.5 Å². The number of amides is 2. The Morgan fingerprint density at radius 3 is 3.00 bits per heavy atom. The van der Waals surface area contributed by atoms with E-state index in [1.165, 1.54) is 0 Å². The largest absolute Gasteiger partial charge is 0.379 e. The normalized spacial score (nSPS) is 21.0. The van der Waals surface area contributed by atoms with Crippen molar-refractivity contribution < 1.29 is 14.4 Å². The molecule has 7 heteroatoms. The minimum atomic E-state index is -0.998. The van der Waals surface area contributed by atoms with Crippen LogP contribution in [0.4, 0.5) is 0 Å². The molecule has 0 radical (unpaired) electrons. The Labute approximate surface area is 121 Å². The standard InChI is InChI=1S/C13H17N3O3S/c1-13(12(18)15-6-5-11(17)14-2)8-9(16-19-13)10-4-3-7-20-10/h3-4,7H,5-6,8H2,1-2H3,(H,14,17)(H,15,18)/t13-/m1/s1. The molecule has 6 nitrogen and oxygen atoms in total. The molecule has 0 unspecified atom stereocenters. The van der Waals surface area contributed by atoms with E-state index in [-0.39, 0.29) is 24.8 Å². The van der Waals surface area contributed by atoms with Crippen LogP contribution in [0.3, 0.4) is 0 Å². The summed E-state index contributed by atoms with van der Waals surface area (Å²) in [6.45, 7) is 1.98. The minimum Gasteiger partial charge on any atom is -0.379 e. The molecule has 1 aliphatic heterocycles. The number of hydrogen-bond donors (Lipinski definition) is 2. The Bertz CT molecular complexity index is 527. The zero-order valence-corrected chi connectivity index (χ0v) is 12.3. The lowest BCUT2D eigenvalue weighted by molar-refractivity contribution is -0.141. The first-order valence-electron chi connectivity index (χ1n) is 6.33. The summed E-state index contributed by atoms with van der Waals surface area (Å²) in [6, 6.07) is 3.88. The van der Waals surface area contributed by atoms with Crippen molar-refractivity contribution in [3.63, 3.8) is 0 Å². The number of carbonyl (C=O) groups is 2. The quantitative estimate of drug-likeness (QED) is 0.846. The van der Waals surface area contributed by atoms with Crippen LogP contribution in [0.15, 0.2) is 22.7 Å². The summed E-state index contributed by atoms with van der Waals surface area (Å²) in [5.74, 6) is -0.366. The van der Waals surface area contributed by atoms with Crippen LogP contribution in [0, 0.1) is 0 Å². The maximum Gasteiger partial charge on any atom is 0.267 e. The molecule has 1 aromatic rings. The van der Waals surface area contributed by atoms with Crippen LogP contribution in [0.2, 0.25) is 0 Å².